The lowest BCUT2D eigenvalue weighted by molar-refractivity contribution is -0.174. The number of rotatable bonds is 11. The minimum atomic E-state index is -1.01. The topological polar surface area (TPSA) is 160 Å². The van der Waals surface area contributed by atoms with E-state index in [1.165, 1.54) is 0 Å². The quantitative estimate of drug-likeness (QED) is 0.213. The van der Waals surface area contributed by atoms with Crippen molar-refractivity contribution in [3.05, 3.63) is 64.3 Å². The van der Waals surface area contributed by atoms with Crippen LogP contribution in [0.15, 0.2) is 42.6 Å². The second-order valence-electron chi connectivity index (χ2n) is 19.6. The second-order valence-corrected chi connectivity index (χ2v) is 20.0. The van der Waals surface area contributed by atoms with E-state index >= 15 is 0 Å². The standard InChI is InChI=1S/C46H62ClN7O6/c1-44(2)41(45(3,4)42(44)60-30-10-8-26(22-48)36(47)21-30)52-39(55)27-23-50-43(51-24-27)54-16-13-29(14-17-54)58-31-19-32(20-31)59-37-11-9-28(46(5,6)57)18-34(37)35-25-53(7)40(56)38-33(35)12-15-49-38/h8-11,18,21,25,27,29,31-33,38,41-43,49-51,57H,12-17,19-20,23-24H2,1-7H3,(H,52,55). The van der Waals surface area contributed by atoms with Crippen molar-refractivity contribution in [2.45, 2.75) is 122 Å². The molecule has 60 heavy (non-hydrogen) atoms. The Balaban J connectivity index is 0.778. The third kappa shape index (κ3) is 8.29. The van der Waals surface area contributed by atoms with E-state index in [2.05, 4.69) is 59.9 Å². The number of fused-ring (bicyclic) bond motifs is 1. The van der Waals surface area contributed by atoms with E-state index < -0.39 is 5.60 Å². The highest BCUT2D eigenvalue weighted by Gasteiger charge is 2.64. The lowest BCUT2D eigenvalue weighted by Gasteiger charge is -2.63. The number of likely N-dealkylation sites (N-methyl/N-ethyl adjacent to an activating group) is 1. The largest absolute Gasteiger partial charge is 0.490 e. The Morgan fingerprint density at radius 2 is 1.67 bits per heavy atom. The summed E-state index contributed by atoms with van der Waals surface area (Å²) in [5.74, 6) is 1.38. The first-order valence-corrected chi connectivity index (χ1v) is 22.1. The summed E-state index contributed by atoms with van der Waals surface area (Å²) in [7, 11) is 1.80. The Bertz CT molecular complexity index is 2010. The Kier molecular flexibility index (Phi) is 11.8. The normalized spacial score (nSPS) is 31.6. The van der Waals surface area contributed by atoms with Gasteiger partial charge in [0, 0.05) is 86.7 Å². The average Bonchev–Trinajstić information content (AvgIpc) is 3.70. The van der Waals surface area contributed by atoms with Gasteiger partial charge in [-0.25, -0.2) is 0 Å². The van der Waals surface area contributed by atoms with Crippen molar-refractivity contribution < 1.29 is 28.9 Å². The lowest BCUT2D eigenvalue weighted by atomic mass is 9.49. The van der Waals surface area contributed by atoms with Crippen LogP contribution in [0.5, 0.6) is 11.5 Å². The molecule has 2 saturated carbocycles. The molecule has 8 rings (SSSR count). The number of likely N-dealkylation sites (tertiary alicyclic amines) is 1. The van der Waals surface area contributed by atoms with Crippen LogP contribution in [-0.4, -0.2) is 109 Å². The van der Waals surface area contributed by atoms with Gasteiger partial charge in [-0.05, 0) is 75.1 Å². The van der Waals surface area contributed by atoms with Crippen molar-refractivity contribution in [1.29, 1.82) is 5.26 Å². The van der Waals surface area contributed by atoms with E-state index in [-0.39, 0.29) is 77.3 Å². The van der Waals surface area contributed by atoms with Crippen LogP contribution in [0.2, 0.25) is 5.02 Å². The van der Waals surface area contributed by atoms with Gasteiger partial charge in [-0.1, -0.05) is 45.4 Å². The maximum Gasteiger partial charge on any atom is 0.244 e. The number of aliphatic hydroxyl groups is 1. The zero-order valence-corrected chi connectivity index (χ0v) is 36.8. The van der Waals surface area contributed by atoms with Crippen molar-refractivity contribution in [1.82, 2.24) is 31.1 Å². The number of piperidine rings is 1. The Morgan fingerprint density at radius 1 is 0.967 bits per heavy atom. The van der Waals surface area contributed by atoms with E-state index in [9.17, 15) is 20.0 Å². The highest BCUT2D eigenvalue weighted by molar-refractivity contribution is 6.31. The zero-order chi connectivity index (χ0) is 42.7. The summed E-state index contributed by atoms with van der Waals surface area (Å²) in [6.45, 7) is 15.8. The van der Waals surface area contributed by atoms with Crippen LogP contribution in [0.25, 0.3) is 5.57 Å². The van der Waals surface area contributed by atoms with Crippen molar-refractivity contribution in [3.8, 4) is 17.6 Å². The van der Waals surface area contributed by atoms with Crippen molar-refractivity contribution in [2.75, 3.05) is 39.8 Å². The van der Waals surface area contributed by atoms with E-state index in [0.29, 0.717) is 29.4 Å². The molecule has 5 fully saturated rings. The average molecular weight is 844 g/mol. The van der Waals surface area contributed by atoms with Gasteiger partial charge in [0.1, 0.15) is 36.1 Å². The van der Waals surface area contributed by atoms with E-state index in [1.54, 1.807) is 44.0 Å². The number of nitriles is 1. The van der Waals surface area contributed by atoms with Crippen LogP contribution >= 0.6 is 11.6 Å². The van der Waals surface area contributed by atoms with Gasteiger partial charge in [-0.15, -0.1) is 0 Å². The fraction of sp³-hybridized carbons (Fsp3) is 0.630. The molecule has 2 aliphatic carbocycles. The van der Waals surface area contributed by atoms with E-state index in [4.69, 9.17) is 25.8 Å². The van der Waals surface area contributed by atoms with Crippen LogP contribution in [0.3, 0.4) is 0 Å². The van der Waals surface area contributed by atoms with Crippen LogP contribution in [0.1, 0.15) is 90.3 Å². The molecular weight excluding hydrogens is 782 g/mol. The predicted octanol–water partition coefficient (Wildman–Crippen LogP) is 4.71. The van der Waals surface area contributed by atoms with Crippen LogP contribution < -0.4 is 30.7 Å². The molecular formula is C46H62ClN7O6. The smallest absolute Gasteiger partial charge is 0.244 e. The van der Waals surface area contributed by atoms with Gasteiger partial charge in [0.2, 0.25) is 11.8 Å². The Morgan fingerprint density at radius 3 is 2.32 bits per heavy atom. The van der Waals surface area contributed by atoms with Gasteiger partial charge in [0.25, 0.3) is 0 Å². The first kappa shape index (κ1) is 42.9. The number of nitrogens with one attached hydrogen (secondary N) is 4. The third-order valence-electron chi connectivity index (χ3n) is 14.1. The molecule has 0 aromatic heterocycles. The molecule has 14 heteroatoms. The molecule has 4 aliphatic heterocycles. The summed E-state index contributed by atoms with van der Waals surface area (Å²) in [4.78, 5) is 30.6. The van der Waals surface area contributed by atoms with E-state index in [0.717, 1.165) is 74.2 Å². The molecule has 2 aromatic carbocycles. The molecule has 0 radical (unpaired) electrons. The van der Waals surface area contributed by atoms with Crippen LogP contribution in [0.4, 0.5) is 0 Å². The third-order valence-corrected chi connectivity index (χ3v) is 14.4. The monoisotopic (exact) mass is 843 g/mol. The lowest BCUT2D eigenvalue weighted by Crippen LogP contribution is -2.75. The number of carbonyl (C=O) groups is 2. The van der Waals surface area contributed by atoms with Gasteiger partial charge in [0.15, 0.2) is 0 Å². The van der Waals surface area contributed by atoms with Crippen LogP contribution in [-0.2, 0) is 19.9 Å². The summed E-state index contributed by atoms with van der Waals surface area (Å²) in [5, 5.41) is 34.4. The minimum Gasteiger partial charge on any atom is -0.490 e. The summed E-state index contributed by atoms with van der Waals surface area (Å²) >= 11 is 6.27. The molecule has 13 nitrogen and oxygen atoms in total. The molecule has 2 aromatic rings. The van der Waals surface area contributed by atoms with E-state index in [1.807, 2.05) is 24.4 Å². The molecule has 2 unspecified atom stereocenters. The highest BCUT2D eigenvalue weighted by Crippen LogP contribution is 2.55. The SMILES string of the molecule is CN1C=C(c2cc(C(C)(C)O)ccc2OC2CC(OC3CCN(C4NCC(C(=O)NC5C(C)(C)C(Oc6ccc(C#N)c(Cl)c6)C5(C)C)CN4)CC3)C2)C2CCNC2C1=O. The number of hydrogen-bond acceptors (Lipinski definition) is 11. The summed E-state index contributed by atoms with van der Waals surface area (Å²) in [6, 6.07) is 12.8. The van der Waals surface area contributed by atoms with Crippen LogP contribution in [0, 0.1) is 34.0 Å². The van der Waals surface area contributed by atoms with Crippen molar-refractivity contribution in [3.63, 3.8) is 0 Å². The molecule has 3 saturated heterocycles. The van der Waals surface area contributed by atoms with Gasteiger partial charge in [0.05, 0.1) is 40.4 Å². The summed E-state index contributed by atoms with van der Waals surface area (Å²) < 4.78 is 19.6. The molecule has 324 valence electrons. The molecule has 0 spiro atoms. The van der Waals surface area contributed by atoms with Gasteiger partial charge in [-0.2, -0.15) is 5.26 Å². The Hall–Kier alpha value is -3.74. The fourth-order valence-electron chi connectivity index (χ4n) is 10.8. The van der Waals surface area contributed by atoms with Gasteiger partial charge < -0.3 is 34.9 Å². The number of halogens is 1. The number of amides is 2. The summed E-state index contributed by atoms with van der Waals surface area (Å²) in [6.07, 6.45) is 6.58. The highest BCUT2D eigenvalue weighted by atomic mass is 35.5. The molecule has 2 atom stereocenters. The van der Waals surface area contributed by atoms with Gasteiger partial charge >= 0.3 is 0 Å². The maximum atomic E-state index is 13.6. The molecule has 4 heterocycles. The number of nitrogens with zero attached hydrogens (tertiary/aromatic N) is 3. The second kappa shape index (κ2) is 16.5. The van der Waals surface area contributed by atoms with Gasteiger partial charge in [-0.3, -0.25) is 25.1 Å². The predicted molar refractivity (Wildman–Crippen MR) is 229 cm³/mol. The maximum absolute atomic E-state index is 13.6. The molecule has 2 amide bonds. The minimum absolute atomic E-state index is 0.00886. The fourth-order valence-corrected chi connectivity index (χ4v) is 11.0. The number of carbonyl (C=O) groups excluding carboxylic acids is 2. The molecule has 5 N–H and O–H groups in total. The molecule has 0 bridgehead atoms. The number of hydrogen-bond donors (Lipinski definition) is 5. The van der Waals surface area contributed by atoms with Crippen molar-refractivity contribution in [2.24, 2.45) is 22.7 Å². The zero-order valence-electron chi connectivity index (χ0n) is 36.0. The first-order valence-electron chi connectivity index (χ1n) is 21.7. The van der Waals surface area contributed by atoms with Crippen molar-refractivity contribution >= 4 is 29.0 Å². The number of ether oxygens (including phenoxy) is 3. The molecule has 6 aliphatic rings. The Labute approximate surface area is 359 Å². The first-order chi connectivity index (χ1) is 28.4. The summed E-state index contributed by atoms with van der Waals surface area (Å²) in [5.41, 5.74) is 1.58. The number of benzene rings is 2.